The minimum absolute atomic E-state index is 0.433. The monoisotopic (exact) mass is 257 g/mol. The lowest BCUT2D eigenvalue weighted by Gasteiger charge is -2.22. The van der Waals surface area contributed by atoms with Gasteiger partial charge in [0.05, 0.1) is 26.9 Å². The highest BCUT2D eigenvalue weighted by atomic mass is 16.7. The molecule has 0 heterocycles. The Hall–Kier alpha value is -1.66. The van der Waals surface area contributed by atoms with Gasteiger partial charge < -0.3 is 29.4 Å². The van der Waals surface area contributed by atoms with Gasteiger partial charge in [-0.25, -0.2) is 0 Å². The molecule has 0 aliphatic rings. The van der Waals surface area contributed by atoms with Crippen LogP contribution in [0.1, 0.15) is 11.9 Å². The fourth-order valence-electron chi connectivity index (χ4n) is 1.77. The third kappa shape index (κ3) is 2.44. The number of benzene rings is 1. The molecule has 1 rings (SSSR count). The van der Waals surface area contributed by atoms with Crippen molar-refractivity contribution < 1.29 is 23.7 Å². The predicted octanol–water partition coefficient (Wildman–Crippen LogP) is 1.59. The van der Waals surface area contributed by atoms with Crippen molar-refractivity contribution in [3.8, 4) is 17.2 Å². The minimum Gasteiger partial charge on any atom is -0.493 e. The quantitative estimate of drug-likeness (QED) is 0.616. The Morgan fingerprint density at radius 3 is 1.83 bits per heavy atom. The fraction of sp³-hybridized carbons (Fsp3) is 0.500. The summed E-state index contributed by atoms with van der Waals surface area (Å²) in [4.78, 5) is 0. The molecule has 102 valence electrons. The second-order valence-corrected chi connectivity index (χ2v) is 3.45. The number of hydrogen-bond acceptors (Lipinski definition) is 6. The molecular weight excluding hydrogens is 238 g/mol. The summed E-state index contributed by atoms with van der Waals surface area (Å²) in [5.41, 5.74) is 6.99. The Kier molecular flexibility index (Phi) is 5.06. The van der Waals surface area contributed by atoms with Gasteiger partial charge in [0, 0.05) is 26.0 Å². The van der Waals surface area contributed by atoms with Gasteiger partial charge in [-0.3, -0.25) is 0 Å². The fourth-order valence-corrected chi connectivity index (χ4v) is 1.77. The molecule has 0 saturated heterocycles. The van der Waals surface area contributed by atoms with Crippen LogP contribution in [0, 0.1) is 0 Å². The van der Waals surface area contributed by atoms with Crippen molar-refractivity contribution in [1.82, 2.24) is 0 Å². The molecule has 0 saturated carbocycles. The van der Waals surface area contributed by atoms with E-state index in [1.165, 1.54) is 35.5 Å². The number of nitrogens with two attached hydrogens (primary N) is 1. The maximum atomic E-state index is 5.97. The van der Waals surface area contributed by atoms with Crippen molar-refractivity contribution in [1.29, 1.82) is 0 Å². The van der Waals surface area contributed by atoms with Crippen LogP contribution < -0.4 is 19.9 Å². The summed E-state index contributed by atoms with van der Waals surface area (Å²) in [5.74, 6) is 1.37. The largest absolute Gasteiger partial charge is 0.493 e. The molecule has 2 N–H and O–H groups in total. The zero-order chi connectivity index (χ0) is 13.7. The van der Waals surface area contributed by atoms with E-state index in [1.54, 1.807) is 6.07 Å². The van der Waals surface area contributed by atoms with Crippen LogP contribution >= 0.6 is 0 Å². The maximum Gasteiger partial charge on any atom is 0.203 e. The standard InChI is InChI=1S/C12H19NO5/c1-14-8-6-7(13)9(12(17-4)18-5)11(16-3)10(8)15-2/h6,12H,13H2,1-5H3. The molecule has 0 spiro atoms. The van der Waals surface area contributed by atoms with Crippen LogP contribution in [0.3, 0.4) is 0 Å². The summed E-state index contributed by atoms with van der Waals surface area (Å²) in [6.45, 7) is 0. The van der Waals surface area contributed by atoms with Crippen molar-refractivity contribution >= 4 is 5.69 Å². The zero-order valence-corrected chi connectivity index (χ0v) is 11.3. The minimum atomic E-state index is -0.639. The lowest BCUT2D eigenvalue weighted by Crippen LogP contribution is -2.10. The number of anilines is 1. The van der Waals surface area contributed by atoms with Gasteiger partial charge in [-0.05, 0) is 0 Å². The maximum absolute atomic E-state index is 5.97. The van der Waals surface area contributed by atoms with Gasteiger partial charge >= 0.3 is 0 Å². The van der Waals surface area contributed by atoms with Gasteiger partial charge in [-0.15, -0.1) is 0 Å². The highest BCUT2D eigenvalue weighted by Crippen LogP contribution is 2.46. The Balaban J connectivity index is 3.49. The first-order chi connectivity index (χ1) is 8.64. The Morgan fingerprint density at radius 2 is 1.44 bits per heavy atom. The first-order valence-electron chi connectivity index (χ1n) is 5.28. The molecule has 0 aliphatic carbocycles. The lowest BCUT2D eigenvalue weighted by atomic mass is 10.1. The zero-order valence-electron chi connectivity index (χ0n) is 11.3. The summed E-state index contributed by atoms with van der Waals surface area (Å²) in [7, 11) is 7.60. The molecule has 0 aromatic heterocycles. The van der Waals surface area contributed by atoms with Gasteiger partial charge in [0.1, 0.15) is 0 Å². The molecule has 6 heteroatoms. The lowest BCUT2D eigenvalue weighted by molar-refractivity contribution is -0.106. The van der Waals surface area contributed by atoms with Gasteiger partial charge in [0.15, 0.2) is 17.8 Å². The van der Waals surface area contributed by atoms with Crippen molar-refractivity contribution in [2.24, 2.45) is 0 Å². The molecule has 0 radical (unpaired) electrons. The Bertz CT molecular complexity index is 404. The van der Waals surface area contributed by atoms with E-state index in [2.05, 4.69) is 0 Å². The second kappa shape index (κ2) is 6.32. The third-order valence-corrected chi connectivity index (χ3v) is 2.56. The molecular formula is C12H19NO5. The molecule has 0 fully saturated rings. The molecule has 0 amide bonds. The molecule has 1 aromatic rings. The van der Waals surface area contributed by atoms with E-state index in [4.69, 9.17) is 29.4 Å². The number of ether oxygens (including phenoxy) is 5. The molecule has 0 atom stereocenters. The topological polar surface area (TPSA) is 72.2 Å². The van der Waals surface area contributed by atoms with Gasteiger partial charge in [-0.2, -0.15) is 0 Å². The summed E-state index contributed by atoms with van der Waals surface area (Å²) < 4.78 is 26.2. The summed E-state index contributed by atoms with van der Waals surface area (Å²) in [6.07, 6.45) is -0.639. The first-order valence-corrected chi connectivity index (χ1v) is 5.28. The molecule has 18 heavy (non-hydrogen) atoms. The van der Waals surface area contributed by atoms with E-state index >= 15 is 0 Å². The average molecular weight is 257 g/mol. The highest BCUT2D eigenvalue weighted by molar-refractivity contribution is 5.67. The third-order valence-electron chi connectivity index (χ3n) is 2.56. The van der Waals surface area contributed by atoms with Gasteiger partial charge in [0.25, 0.3) is 0 Å². The van der Waals surface area contributed by atoms with E-state index in [-0.39, 0.29) is 0 Å². The Labute approximate surface area is 107 Å². The van der Waals surface area contributed by atoms with Gasteiger partial charge in [0.2, 0.25) is 5.75 Å². The van der Waals surface area contributed by atoms with Crippen molar-refractivity contribution in [3.05, 3.63) is 11.6 Å². The molecule has 0 bridgehead atoms. The van der Waals surface area contributed by atoms with Crippen LogP contribution in [0.5, 0.6) is 17.2 Å². The van der Waals surface area contributed by atoms with E-state index in [0.717, 1.165) is 0 Å². The number of methoxy groups -OCH3 is 5. The summed E-state index contributed by atoms with van der Waals surface area (Å²) in [5, 5.41) is 0. The number of hydrogen-bond donors (Lipinski definition) is 1. The molecule has 0 unspecified atom stereocenters. The van der Waals surface area contributed by atoms with Crippen LogP contribution in [0.2, 0.25) is 0 Å². The summed E-state index contributed by atoms with van der Waals surface area (Å²) >= 11 is 0. The molecule has 1 aromatic carbocycles. The van der Waals surface area contributed by atoms with E-state index in [9.17, 15) is 0 Å². The van der Waals surface area contributed by atoms with E-state index in [1.807, 2.05) is 0 Å². The first kappa shape index (κ1) is 14.4. The molecule has 0 aliphatic heterocycles. The predicted molar refractivity (Wildman–Crippen MR) is 67.3 cm³/mol. The van der Waals surface area contributed by atoms with E-state index in [0.29, 0.717) is 28.5 Å². The number of rotatable bonds is 6. The van der Waals surface area contributed by atoms with Crippen molar-refractivity contribution in [3.63, 3.8) is 0 Å². The van der Waals surface area contributed by atoms with Crippen molar-refractivity contribution in [2.75, 3.05) is 41.3 Å². The van der Waals surface area contributed by atoms with Crippen molar-refractivity contribution in [2.45, 2.75) is 6.29 Å². The Morgan fingerprint density at radius 1 is 0.889 bits per heavy atom. The summed E-state index contributed by atoms with van der Waals surface area (Å²) in [6, 6.07) is 1.64. The molecule has 6 nitrogen and oxygen atoms in total. The van der Waals surface area contributed by atoms with E-state index < -0.39 is 6.29 Å². The van der Waals surface area contributed by atoms with Crippen LogP contribution in [0.15, 0.2) is 6.07 Å². The highest BCUT2D eigenvalue weighted by Gasteiger charge is 2.25. The van der Waals surface area contributed by atoms with Crippen LogP contribution in [-0.2, 0) is 9.47 Å². The van der Waals surface area contributed by atoms with Crippen LogP contribution in [0.4, 0.5) is 5.69 Å². The SMILES string of the molecule is COc1cc(N)c(C(OC)OC)c(OC)c1OC. The van der Waals surface area contributed by atoms with Crippen LogP contribution in [0.25, 0.3) is 0 Å². The average Bonchev–Trinajstić information content (AvgIpc) is 2.40. The smallest absolute Gasteiger partial charge is 0.203 e. The van der Waals surface area contributed by atoms with Crippen LogP contribution in [-0.4, -0.2) is 35.5 Å². The second-order valence-electron chi connectivity index (χ2n) is 3.45. The van der Waals surface area contributed by atoms with Gasteiger partial charge in [-0.1, -0.05) is 0 Å². The number of nitrogen functional groups attached to an aromatic ring is 1. The normalized spacial score (nSPS) is 10.6.